The van der Waals surface area contributed by atoms with Crippen molar-refractivity contribution in [3.8, 4) is 17.3 Å². The van der Waals surface area contributed by atoms with Crippen molar-refractivity contribution in [2.45, 2.75) is 0 Å². The predicted molar refractivity (Wildman–Crippen MR) is 106 cm³/mol. The second-order valence-electron chi connectivity index (χ2n) is 5.60. The standard InChI is InChI=1S/C19H13N5O3S/c20-9-14(10-22-15-5-1-13(2-6-15)18(21)25)19-23-17(11-28-19)12-3-7-16(8-4-12)24(26)27/h1-8,10-11,22H,(H2,21,25)/b14-10+. The molecule has 0 atom stereocenters. The lowest BCUT2D eigenvalue weighted by molar-refractivity contribution is -0.384. The molecule has 138 valence electrons. The van der Waals surface area contributed by atoms with Gasteiger partial charge in [-0.3, -0.25) is 14.9 Å². The molecule has 0 aliphatic rings. The second kappa shape index (κ2) is 8.11. The number of amides is 1. The van der Waals surface area contributed by atoms with Crippen molar-refractivity contribution in [3.63, 3.8) is 0 Å². The molecule has 0 saturated carbocycles. The Kier molecular flexibility index (Phi) is 5.43. The fourth-order valence-corrected chi connectivity index (χ4v) is 3.11. The lowest BCUT2D eigenvalue weighted by atomic mass is 10.1. The number of nitriles is 1. The van der Waals surface area contributed by atoms with E-state index in [0.29, 0.717) is 27.5 Å². The zero-order chi connectivity index (χ0) is 20.1. The Labute approximate surface area is 163 Å². The third-order valence-electron chi connectivity index (χ3n) is 3.78. The quantitative estimate of drug-likeness (QED) is 0.373. The predicted octanol–water partition coefficient (Wildman–Crippen LogP) is 3.79. The van der Waals surface area contributed by atoms with Crippen LogP contribution in [0.4, 0.5) is 11.4 Å². The molecule has 0 fully saturated rings. The van der Waals surface area contributed by atoms with Crippen molar-refractivity contribution < 1.29 is 9.72 Å². The normalized spacial score (nSPS) is 10.9. The number of nitrogens with zero attached hydrogens (tertiary/aromatic N) is 3. The maximum Gasteiger partial charge on any atom is 0.269 e. The molecule has 28 heavy (non-hydrogen) atoms. The number of nitrogens with two attached hydrogens (primary N) is 1. The highest BCUT2D eigenvalue weighted by Crippen LogP contribution is 2.27. The van der Waals surface area contributed by atoms with E-state index in [0.717, 1.165) is 5.56 Å². The van der Waals surface area contributed by atoms with Crippen molar-refractivity contribution in [3.05, 3.63) is 80.8 Å². The molecule has 0 aliphatic heterocycles. The lowest BCUT2D eigenvalue weighted by Gasteiger charge is -2.02. The van der Waals surface area contributed by atoms with Crippen LogP contribution in [0.25, 0.3) is 16.8 Å². The summed E-state index contributed by atoms with van der Waals surface area (Å²) < 4.78 is 0. The van der Waals surface area contributed by atoms with Gasteiger partial charge in [0.05, 0.1) is 10.6 Å². The first kappa shape index (κ1) is 18.8. The Hall–Kier alpha value is -4.03. The SMILES string of the molecule is N#C/C(=C\Nc1ccc(C(N)=O)cc1)c1nc(-c2ccc([N+](=O)[O-])cc2)cs1. The molecule has 8 nitrogen and oxygen atoms in total. The minimum atomic E-state index is -0.513. The Morgan fingerprint density at radius 2 is 1.89 bits per heavy atom. The molecular weight excluding hydrogens is 378 g/mol. The zero-order valence-corrected chi connectivity index (χ0v) is 15.1. The van der Waals surface area contributed by atoms with E-state index < -0.39 is 10.8 Å². The summed E-state index contributed by atoms with van der Waals surface area (Å²) in [6.45, 7) is 0. The van der Waals surface area contributed by atoms with Gasteiger partial charge in [0.15, 0.2) is 0 Å². The number of carbonyl (C=O) groups excluding carboxylic acids is 1. The van der Waals surface area contributed by atoms with E-state index in [1.807, 2.05) is 0 Å². The van der Waals surface area contributed by atoms with Crippen molar-refractivity contribution in [1.82, 2.24) is 4.98 Å². The van der Waals surface area contributed by atoms with Gasteiger partial charge in [0.25, 0.3) is 5.69 Å². The van der Waals surface area contributed by atoms with E-state index in [2.05, 4.69) is 16.4 Å². The van der Waals surface area contributed by atoms with E-state index in [4.69, 9.17) is 5.73 Å². The first-order valence-corrected chi connectivity index (χ1v) is 8.83. The highest BCUT2D eigenvalue weighted by Gasteiger charge is 2.11. The van der Waals surface area contributed by atoms with Gasteiger partial charge in [-0.1, -0.05) is 0 Å². The number of non-ortho nitro benzene ring substituents is 1. The van der Waals surface area contributed by atoms with Crippen molar-refractivity contribution >= 4 is 34.2 Å². The molecule has 0 spiro atoms. The summed E-state index contributed by atoms with van der Waals surface area (Å²) in [7, 11) is 0. The van der Waals surface area contributed by atoms with E-state index in [-0.39, 0.29) is 5.69 Å². The number of allylic oxidation sites excluding steroid dienone is 1. The third-order valence-corrected chi connectivity index (χ3v) is 4.66. The Morgan fingerprint density at radius 1 is 1.21 bits per heavy atom. The minimum absolute atomic E-state index is 0.00312. The Balaban J connectivity index is 1.78. The molecule has 0 unspecified atom stereocenters. The average Bonchev–Trinajstić information content (AvgIpc) is 3.19. The number of anilines is 1. The highest BCUT2D eigenvalue weighted by atomic mass is 32.1. The van der Waals surface area contributed by atoms with Crippen LogP contribution in [-0.4, -0.2) is 15.8 Å². The number of thiazole rings is 1. The van der Waals surface area contributed by atoms with Gasteiger partial charge >= 0.3 is 0 Å². The third kappa shape index (κ3) is 4.20. The number of nitro benzene ring substituents is 1. The van der Waals surface area contributed by atoms with Gasteiger partial charge in [0, 0.05) is 40.5 Å². The number of nitrogens with one attached hydrogen (secondary N) is 1. The fraction of sp³-hybridized carbons (Fsp3) is 0. The molecule has 9 heteroatoms. The Morgan fingerprint density at radius 3 is 2.46 bits per heavy atom. The number of hydrogen-bond donors (Lipinski definition) is 2. The molecule has 3 rings (SSSR count). The van der Waals surface area contributed by atoms with Gasteiger partial charge in [0.2, 0.25) is 5.91 Å². The van der Waals surface area contributed by atoms with E-state index in [1.54, 1.807) is 41.8 Å². The van der Waals surface area contributed by atoms with Gasteiger partial charge in [-0.05, 0) is 36.4 Å². The maximum absolute atomic E-state index is 11.1. The number of aromatic nitrogens is 1. The number of benzene rings is 2. The first-order valence-electron chi connectivity index (χ1n) is 7.95. The van der Waals surface area contributed by atoms with Gasteiger partial charge < -0.3 is 11.1 Å². The molecular formula is C19H13N5O3S. The summed E-state index contributed by atoms with van der Waals surface area (Å²) in [5.74, 6) is -0.513. The lowest BCUT2D eigenvalue weighted by Crippen LogP contribution is -2.10. The van der Waals surface area contributed by atoms with Gasteiger partial charge in [-0.15, -0.1) is 11.3 Å². The van der Waals surface area contributed by atoms with E-state index in [1.165, 1.54) is 29.7 Å². The van der Waals surface area contributed by atoms with E-state index >= 15 is 0 Å². The van der Waals surface area contributed by atoms with Crippen LogP contribution in [0.3, 0.4) is 0 Å². The van der Waals surface area contributed by atoms with Crippen LogP contribution < -0.4 is 11.1 Å². The Bertz CT molecular complexity index is 1100. The molecule has 2 aromatic carbocycles. The van der Waals surface area contributed by atoms with E-state index in [9.17, 15) is 20.2 Å². The smallest absolute Gasteiger partial charge is 0.269 e. The van der Waals surface area contributed by atoms with Crippen LogP contribution in [0.5, 0.6) is 0 Å². The molecule has 1 aromatic heterocycles. The molecule has 3 N–H and O–H groups in total. The molecule has 1 amide bonds. The summed E-state index contributed by atoms with van der Waals surface area (Å²) >= 11 is 1.29. The van der Waals surface area contributed by atoms with Crippen LogP contribution in [0.1, 0.15) is 15.4 Å². The summed E-state index contributed by atoms with van der Waals surface area (Å²) in [5.41, 5.74) is 7.96. The number of primary amides is 1. The summed E-state index contributed by atoms with van der Waals surface area (Å²) in [4.78, 5) is 25.8. The van der Waals surface area contributed by atoms with Crippen LogP contribution in [0.2, 0.25) is 0 Å². The number of nitro groups is 1. The van der Waals surface area contributed by atoms with Crippen molar-refractivity contribution in [1.29, 1.82) is 5.26 Å². The van der Waals surface area contributed by atoms with Gasteiger partial charge in [-0.2, -0.15) is 5.26 Å². The number of rotatable bonds is 6. The fourth-order valence-electron chi connectivity index (χ4n) is 2.31. The molecule has 1 heterocycles. The molecule has 3 aromatic rings. The van der Waals surface area contributed by atoms with Crippen LogP contribution in [0.15, 0.2) is 60.1 Å². The van der Waals surface area contributed by atoms with Crippen LogP contribution in [0, 0.1) is 21.4 Å². The monoisotopic (exact) mass is 391 g/mol. The molecule has 0 saturated heterocycles. The average molecular weight is 391 g/mol. The second-order valence-corrected chi connectivity index (χ2v) is 6.46. The maximum atomic E-state index is 11.1. The minimum Gasteiger partial charge on any atom is -0.366 e. The molecule has 0 bridgehead atoms. The molecule has 0 radical (unpaired) electrons. The van der Waals surface area contributed by atoms with Gasteiger partial charge in [0.1, 0.15) is 16.6 Å². The summed E-state index contributed by atoms with van der Waals surface area (Å²) in [5, 5.41) is 25.4. The van der Waals surface area contributed by atoms with Crippen molar-refractivity contribution in [2.75, 3.05) is 5.32 Å². The molecule has 0 aliphatic carbocycles. The number of hydrogen-bond acceptors (Lipinski definition) is 7. The first-order chi connectivity index (χ1) is 13.5. The van der Waals surface area contributed by atoms with Gasteiger partial charge in [-0.25, -0.2) is 4.98 Å². The number of carbonyl (C=O) groups is 1. The van der Waals surface area contributed by atoms with Crippen molar-refractivity contribution in [2.24, 2.45) is 5.73 Å². The largest absolute Gasteiger partial charge is 0.366 e. The zero-order valence-electron chi connectivity index (χ0n) is 14.3. The summed E-state index contributed by atoms with van der Waals surface area (Å²) in [6, 6.07) is 14.7. The van der Waals surface area contributed by atoms with Crippen LogP contribution in [-0.2, 0) is 0 Å². The summed E-state index contributed by atoms with van der Waals surface area (Å²) in [6.07, 6.45) is 1.53. The topological polar surface area (TPSA) is 135 Å². The highest BCUT2D eigenvalue weighted by molar-refractivity contribution is 7.11. The van der Waals surface area contributed by atoms with Crippen LogP contribution >= 0.6 is 11.3 Å².